The number of rotatable bonds is 11. The van der Waals surface area contributed by atoms with E-state index >= 15 is 0 Å². The molecule has 4 aromatic rings. The van der Waals surface area contributed by atoms with Crippen LogP contribution in [0.5, 0.6) is 23.0 Å². The van der Waals surface area contributed by atoms with Crippen LogP contribution in [0.3, 0.4) is 0 Å². The lowest BCUT2D eigenvalue weighted by Gasteiger charge is -2.25. The molecule has 1 aliphatic carbocycles. The smallest absolute Gasteiger partial charge is 0.379 e. The Labute approximate surface area is 317 Å². The zero-order valence-corrected chi connectivity index (χ0v) is 31.8. The second-order valence-corrected chi connectivity index (χ2v) is 14.7. The summed E-state index contributed by atoms with van der Waals surface area (Å²) in [4.78, 5) is 58.3. The van der Waals surface area contributed by atoms with Gasteiger partial charge in [-0.25, -0.2) is 14.6 Å². The maximum Gasteiger partial charge on any atom is 0.379 e. The minimum atomic E-state index is -0.966. The molecular formula is C38H34Cl2N2O10S. The molecule has 6 rings (SSSR count). The number of hydrogen-bond donors (Lipinski definition) is 0. The molecule has 0 radical (unpaired) electrons. The Morgan fingerprint density at radius 3 is 2.34 bits per heavy atom. The maximum atomic E-state index is 14.2. The van der Waals surface area contributed by atoms with E-state index in [1.54, 1.807) is 62.4 Å². The van der Waals surface area contributed by atoms with Crippen molar-refractivity contribution in [1.29, 1.82) is 0 Å². The quantitative estimate of drug-likeness (QED) is 0.129. The van der Waals surface area contributed by atoms with Gasteiger partial charge in [0.25, 0.3) is 5.56 Å². The van der Waals surface area contributed by atoms with Gasteiger partial charge in [-0.2, -0.15) is 0 Å². The molecule has 3 heterocycles. The van der Waals surface area contributed by atoms with Crippen molar-refractivity contribution in [3.8, 4) is 23.0 Å². The van der Waals surface area contributed by atoms with E-state index in [4.69, 9.17) is 51.3 Å². The Kier molecular flexibility index (Phi) is 10.7. The predicted octanol–water partition coefficient (Wildman–Crippen LogP) is 6.12. The Bertz CT molecular complexity index is 2350. The van der Waals surface area contributed by atoms with Crippen LogP contribution >= 0.6 is 34.5 Å². The van der Waals surface area contributed by atoms with Crippen molar-refractivity contribution < 1.29 is 42.5 Å². The molecule has 0 spiro atoms. The number of carbonyl (C=O) groups excluding carboxylic acids is 3. The number of esters is 3. The molecule has 0 unspecified atom stereocenters. The molecular weight excluding hydrogens is 747 g/mol. The van der Waals surface area contributed by atoms with Crippen molar-refractivity contribution in [2.45, 2.75) is 33.7 Å². The highest BCUT2D eigenvalue weighted by Gasteiger charge is 2.61. The average Bonchev–Trinajstić information content (AvgIpc) is 3.47. The van der Waals surface area contributed by atoms with Gasteiger partial charge in [0.05, 0.1) is 54.9 Å². The van der Waals surface area contributed by atoms with Crippen molar-refractivity contribution in [2.24, 2.45) is 22.2 Å². The lowest BCUT2D eigenvalue weighted by molar-refractivity contribution is -0.139. The number of furan rings is 1. The minimum Gasteiger partial charge on any atom is -0.493 e. The third kappa shape index (κ3) is 7.41. The van der Waals surface area contributed by atoms with Crippen LogP contribution in [0.1, 0.15) is 55.4 Å². The fraction of sp³-hybridized carbons (Fsp3) is 0.289. The zero-order chi connectivity index (χ0) is 38.2. The number of aromatic nitrogens is 1. The summed E-state index contributed by atoms with van der Waals surface area (Å²) in [5, 5.41) is 0. The van der Waals surface area contributed by atoms with Crippen molar-refractivity contribution in [3.63, 3.8) is 0 Å². The van der Waals surface area contributed by atoms with E-state index in [0.29, 0.717) is 26.2 Å². The fourth-order valence-corrected chi connectivity index (χ4v) is 7.66. The van der Waals surface area contributed by atoms with E-state index < -0.39 is 35.4 Å². The molecule has 15 heteroatoms. The van der Waals surface area contributed by atoms with Gasteiger partial charge in [-0.3, -0.25) is 14.2 Å². The third-order valence-corrected chi connectivity index (χ3v) is 10.3. The maximum absolute atomic E-state index is 14.2. The molecule has 53 heavy (non-hydrogen) atoms. The summed E-state index contributed by atoms with van der Waals surface area (Å²) in [5.41, 5.74) is 0.773. The first kappa shape index (κ1) is 37.6. The van der Waals surface area contributed by atoms with Crippen molar-refractivity contribution >= 4 is 58.5 Å². The molecule has 2 aromatic carbocycles. The standard InChI is InChI=1S/C38H34Cl2N2O10S/c1-7-49-35(45)30-19(2)41-37-42(32(30)21-11-13-24(27(17-21)48-6)51-34(44)25-9-8-14-50-25)33(43)28(53-37)16-20-10-12-23(26(15-20)47-5)52-36(46)31-22(18-29(39)40)38(31,3)4/h8-18,22,31-32H,7H2,1-6H3/b28-16+/t22-,31+,32+/m1/s1. The molecule has 1 saturated carbocycles. The fourth-order valence-electron chi connectivity index (χ4n) is 6.35. The SMILES string of the molecule is CCOC(=O)C1=C(C)N=c2s/c(=C/c3ccc(OC(=O)[C@@H]4[C@@H](C=C(Cl)Cl)C4(C)C)c(OC)c3)c(=O)n2[C@H]1c1ccc(OC(=O)c2ccco2)c(OC)c1. The van der Waals surface area contributed by atoms with Gasteiger partial charge in [-0.15, -0.1) is 0 Å². The Morgan fingerprint density at radius 2 is 1.68 bits per heavy atom. The summed E-state index contributed by atoms with van der Waals surface area (Å²) < 4.78 is 34.7. The van der Waals surface area contributed by atoms with Crippen LogP contribution in [0.4, 0.5) is 0 Å². The summed E-state index contributed by atoms with van der Waals surface area (Å²) in [7, 11) is 2.85. The number of carbonyl (C=O) groups is 3. The first-order chi connectivity index (χ1) is 25.3. The highest BCUT2D eigenvalue weighted by atomic mass is 35.5. The second-order valence-electron chi connectivity index (χ2n) is 12.7. The number of methoxy groups -OCH3 is 2. The number of benzene rings is 2. The van der Waals surface area contributed by atoms with Gasteiger partial charge in [0.15, 0.2) is 27.8 Å². The lowest BCUT2D eigenvalue weighted by atomic mass is 9.95. The lowest BCUT2D eigenvalue weighted by Crippen LogP contribution is -2.40. The topological polar surface area (TPSA) is 145 Å². The number of thiazole rings is 1. The van der Waals surface area contributed by atoms with Gasteiger partial charge >= 0.3 is 17.9 Å². The van der Waals surface area contributed by atoms with Crippen LogP contribution in [-0.2, 0) is 14.3 Å². The normalized spacial score (nSPS) is 18.7. The van der Waals surface area contributed by atoms with Gasteiger partial charge in [0, 0.05) is 0 Å². The Balaban J connectivity index is 1.36. The third-order valence-electron chi connectivity index (χ3n) is 9.11. The van der Waals surface area contributed by atoms with Crippen LogP contribution in [-0.4, -0.2) is 43.3 Å². The molecule has 2 aromatic heterocycles. The van der Waals surface area contributed by atoms with Crippen molar-refractivity contribution in [3.05, 3.63) is 113 Å². The van der Waals surface area contributed by atoms with E-state index in [2.05, 4.69) is 4.99 Å². The van der Waals surface area contributed by atoms with Gasteiger partial charge in [-0.05, 0) is 84.9 Å². The van der Waals surface area contributed by atoms with Gasteiger partial charge in [0.1, 0.15) is 4.49 Å². The monoisotopic (exact) mass is 780 g/mol. The number of nitrogens with zero attached hydrogens (tertiary/aromatic N) is 2. The molecule has 12 nitrogen and oxygen atoms in total. The second kappa shape index (κ2) is 15.1. The number of hydrogen-bond acceptors (Lipinski definition) is 12. The van der Waals surface area contributed by atoms with Crippen LogP contribution < -0.4 is 33.8 Å². The largest absolute Gasteiger partial charge is 0.493 e. The molecule has 276 valence electrons. The highest BCUT2D eigenvalue weighted by molar-refractivity contribution is 7.07. The van der Waals surface area contributed by atoms with Crippen LogP contribution in [0, 0.1) is 17.3 Å². The van der Waals surface area contributed by atoms with Gasteiger partial charge < -0.3 is 28.1 Å². The summed E-state index contributed by atoms with van der Waals surface area (Å²) in [5.74, 6) is -1.66. The molecule has 0 amide bonds. The summed E-state index contributed by atoms with van der Waals surface area (Å²) in [6, 6.07) is 11.7. The number of allylic oxidation sites excluding steroid dienone is 2. The highest BCUT2D eigenvalue weighted by Crippen LogP contribution is 2.60. The molecule has 1 fully saturated rings. The van der Waals surface area contributed by atoms with E-state index in [1.807, 2.05) is 13.8 Å². The van der Waals surface area contributed by atoms with E-state index in [1.165, 1.54) is 37.2 Å². The Morgan fingerprint density at radius 1 is 0.981 bits per heavy atom. The molecule has 0 N–H and O–H groups in total. The molecule has 1 aliphatic heterocycles. The molecule has 0 bridgehead atoms. The van der Waals surface area contributed by atoms with Gasteiger partial charge in [0.2, 0.25) is 5.76 Å². The number of fused-ring (bicyclic) bond motifs is 1. The first-order valence-corrected chi connectivity index (χ1v) is 17.9. The zero-order valence-electron chi connectivity index (χ0n) is 29.4. The van der Waals surface area contributed by atoms with Crippen LogP contribution in [0.2, 0.25) is 0 Å². The molecule has 3 atom stereocenters. The molecule has 2 aliphatic rings. The van der Waals surface area contributed by atoms with E-state index in [0.717, 1.165) is 11.3 Å². The number of halogens is 2. The summed E-state index contributed by atoms with van der Waals surface area (Å²) in [6.45, 7) is 7.32. The Hall–Kier alpha value is -5.11. The number of ether oxygens (including phenoxy) is 5. The van der Waals surface area contributed by atoms with Crippen LogP contribution in [0.25, 0.3) is 6.08 Å². The van der Waals surface area contributed by atoms with Gasteiger partial charge in [-0.1, -0.05) is 60.5 Å². The molecule has 0 saturated heterocycles. The van der Waals surface area contributed by atoms with Crippen molar-refractivity contribution in [2.75, 3.05) is 20.8 Å². The minimum absolute atomic E-state index is 0.00153. The summed E-state index contributed by atoms with van der Waals surface area (Å²) >= 11 is 12.8. The first-order valence-electron chi connectivity index (χ1n) is 16.3. The van der Waals surface area contributed by atoms with E-state index in [-0.39, 0.29) is 56.8 Å². The van der Waals surface area contributed by atoms with Crippen molar-refractivity contribution in [1.82, 2.24) is 4.57 Å². The predicted molar refractivity (Wildman–Crippen MR) is 196 cm³/mol. The van der Waals surface area contributed by atoms with Crippen LogP contribution in [0.15, 0.2) is 90.8 Å². The van der Waals surface area contributed by atoms with E-state index in [9.17, 15) is 19.2 Å². The summed E-state index contributed by atoms with van der Waals surface area (Å²) in [6.07, 6.45) is 4.65. The average molecular weight is 782 g/mol.